The van der Waals surface area contributed by atoms with E-state index in [0.717, 1.165) is 69.8 Å². The molecular weight excluding hydrogens is 412 g/mol. The lowest BCUT2D eigenvalue weighted by molar-refractivity contribution is 0.254. The zero-order chi connectivity index (χ0) is 22.8. The van der Waals surface area contributed by atoms with Crippen LogP contribution >= 0.6 is 0 Å². The van der Waals surface area contributed by atoms with Crippen molar-refractivity contribution in [1.29, 1.82) is 0 Å². The predicted molar refractivity (Wildman–Crippen MR) is 132 cm³/mol. The molecule has 0 radical (unpaired) electrons. The van der Waals surface area contributed by atoms with E-state index in [9.17, 15) is 4.79 Å². The molecule has 0 atom stereocenters. The third-order valence-corrected chi connectivity index (χ3v) is 5.80. The minimum atomic E-state index is -0.251. The lowest BCUT2D eigenvalue weighted by atomic mass is 9.97. The fraction of sp³-hybridized carbons (Fsp3) is 0.192. The molecule has 0 spiro atoms. The van der Waals surface area contributed by atoms with Gasteiger partial charge in [0.2, 0.25) is 0 Å². The molecule has 5 rings (SSSR count). The average Bonchev–Trinajstić information content (AvgIpc) is 3.47. The van der Waals surface area contributed by atoms with Gasteiger partial charge in [0, 0.05) is 58.6 Å². The maximum absolute atomic E-state index is 12.3. The second-order valence-corrected chi connectivity index (χ2v) is 8.10. The van der Waals surface area contributed by atoms with Gasteiger partial charge in [0.1, 0.15) is 11.3 Å². The zero-order valence-corrected chi connectivity index (χ0v) is 18.7. The van der Waals surface area contributed by atoms with Crippen LogP contribution in [-0.2, 0) is 6.54 Å². The Morgan fingerprint density at radius 2 is 2.00 bits per heavy atom. The van der Waals surface area contributed by atoms with Crippen molar-refractivity contribution >= 4 is 22.8 Å². The van der Waals surface area contributed by atoms with Crippen molar-refractivity contribution in [3.63, 3.8) is 0 Å². The number of hydrogen-bond acceptors (Lipinski definition) is 3. The number of carbonyl (C=O) groups excluding carboxylic acids is 1. The van der Waals surface area contributed by atoms with Gasteiger partial charge in [-0.25, -0.2) is 9.78 Å². The minimum Gasteiger partial charge on any atom is -0.346 e. The van der Waals surface area contributed by atoms with Gasteiger partial charge in [0.25, 0.3) is 0 Å². The summed E-state index contributed by atoms with van der Waals surface area (Å²) in [4.78, 5) is 20.0. The lowest BCUT2D eigenvalue weighted by Crippen LogP contribution is -2.27. The number of fused-ring (bicyclic) bond motifs is 1. The highest BCUT2D eigenvalue weighted by atomic mass is 16.2. The topological polar surface area (TPSA) is 87.6 Å². The molecule has 0 aliphatic heterocycles. The molecule has 7 nitrogen and oxygen atoms in total. The molecular formula is C26H26N6O. The number of nitrogens with zero attached hydrogens (tertiary/aromatic N) is 3. The largest absolute Gasteiger partial charge is 0.346 e. The summed E-state index contributed by atoms with van der Waals surface area (Å²) >= 11 is 0. The SMILES string of the molecule is CCn1cc(-c2c(C)cnc3[nH]ccc23)c(-c2ccc(NC(=O)NC3=CCCC=C3)cc2)n1. The first kappa shape index (κ1) is 20.8. The third-order valence-electron chi connectivity index (χ3n) is 5.80. The Morgan fingerprint density at radius 3 is 2.76 bits per heavy atom. The highest BCUT2D eigenvalue weighted by Gasteiger charge is 2.18. The van der Waals surface area contributed by atoms with E-state index in [1.807, 2.05) is 53.5 Å². The van der Waals surface area contributed by atoms with Crippen LogP contribution in [0.5, 0.6) is 0 Å². The van der Waals surface area contributed by atoms with Crippen molar-refractivity contribution in [2.75, 3.05) is 5.32 Å². The number of benzene rings is 1. The van der Waals surface area contributed by atoms with Gasteiger partial charge in [-0.05, 0) is 56.5 Å². The summed E-state index contributed by atoms with van der Waals surface area (Å²) < 4.78 is 1.95. The monoisotopic (exact) mass is 438 g/mol. The molecule has 1 aromatic carbocycles. The number of allylic oxidation sites excluding steroid dienone is 3. The van der Waals surface area contributed by atoms with E-state index in [-0.39, 0.29) is 6.03 Å². The van der Waals surface area contributed by atoms with Crippen molar-refractivity contribution < 1.29 is 4.79 Å². The first-order valence-electron chi connectivity index (χ1n) is 11.2. The summed E-state index contributed by atoms with van der Waals surface area (Å²) in [6.07, 6.45) is 13.9. The lowest BCUT2D eigenvalue weighted by Gasteiger charge is -2.11. The molecule has 0 bridgehead atoms. The number of aromatic nitrogens is 4. The Balaban J connectivity index is 1.44. The number of H-pyrrole nitrogens is 1. The van der Waals surface area contributed by atoms with Crippen molar-refractivity contribution in [3.05, 3.63) is 78.4 Å². The van der Waals surface area contributed by atoms with Gasteiger partial charge >= 0.3 is 6.03 Å². The highest BCUT2D eigenvalue weighted by Crippen LogP contribution is 2.37. The highest BCUT2D eigenvalue weighted by molar-refractivity contribution is 5.98. The summed E-state index contributed by atoms with van der Waals surface area (Å²) in [5.41, 5.74) is 7.60. The van der Waals surface area contributed by atoms with Crippen LogP contribution in [0.3, 0.4) is 0 Å². The Hall–Kier alpha value is -4.13. The van der Waals surface area contributed by atoms with E-state index in [1.165, 1.54) is 0 Å². The fourth-order valence-electron chi connectivity index (χ4n) is 4.16. The summed E-state index contributed by atoms with van der Waals surface area (Å²) in [6.45, 7) is 4.93. The molecule has 1 aliphatic carbocycles. The molecule has 1 aliphatic rings. The molecule has 33 heavy (non-hydrogen) atoms. The predicted octanol–water partition coefficient (Wildman–Crippen LogP) is 5.78. The molecule has 4 aromatic rings. The molecule has 3 heterocycles. The fourth-order valence-corrected chi connectivity index (χ4v) is 4.16. The Labute approximate surface area is 192 Å². The van der Waals surface area contributed by atoms with E-state index >= 15 is 0 Å². The Kier molecular flexibility index (Phi) is 5.52. The molecule has 0 fully saturated rings. The second-order valence-electron chi connectivity index (χ2n) is 8.10. The van der Waals surface area contributed by atoms with Crippen molar-refractivity contribution in [3.8, 4) is 22.4 Å². The molecule has 2 amide bonds. The molecule has 166 valence electrons. The standard InChI is InChI=1S/C26H26N6O/c1-3-32-16-22(23-17(2)15-28-25-21(23)13-14-27-25)24(31-32)18-9-11-20(12-10-18)30-26(33)29-19-7-5-4-6-8-19/h5,7-16H,3-4,6H2,1-2H3,(H,27,28)(H2,29,30,33). The number of rotatable bonds is 5. The summed E-state index contributed by atoms with van der Waals surface area (Å²) in [6, 6.07) is 9.59. The maximum atomic E-state index is 12.3. The number of amides is 2. The van der Waals surface area contributed by atoms with Crippen LogP contribution in [0.4, 0.5) is 10.5 Å². The number of pyridine rings is 1. The Morgan fingerprint density at radius 1 is 1.15 bits per heavy atom. The molecule has 0 saturated heterocycles. The van der Waals surface area contributed by atoms with Gasteiger partial charge in [-0.1, -0.05) is 24.3 Å². The number of aromatic amines is 1. The van der Waals surface area contributed by atoms with Crippen molar-refractivity contribution in [2.45, 2.75) is 33.2 Å². The average molecular weight is 439 g/mol. The van der Waals surface area contributed by atoms with Crippen LogP contribution < -0.4 is 10.6 Å². The van der Waals surface area contributed by atoms with Crippen LogP contribution in [0.25, 0.3) is 33.4 Å². The van der Waals surface area contributed by atoms with E-state index in [2.05, 4.69) is 52.8 Å². The van der Waals surface area contributed by atoms with Crippen LogP contribution in [0.1, 0.15) is 25.3 Å². The van der Waals surface area contributed by atoms with E-state index in [0.29, 0.717) is 0 Å². The van der Waals surface area contributed by atoms with Gasteiger partial charge in [-0.3, -0.25) is 4.68 Å². The summed E-state index contributed by atoms with van der Waals surface area (Å²) in [5, 5.41) is 11.7. The van der Waals surface area contributed by atoms with E-state index in [4.69, 9.17) is 5.10 Å². The first-order chi connectivity index (χ1) is 16.1. The quantitative estimate of drug-likeness (QED) is 0.369. The van der Waals surface area contributed by atoms with Crippen molar-refractivity contribution in [1.82, 2.24) is 25.1 Å². The van der Waals surface area contributed by atoms with Crippen LogP contribution in [0, 0.1) is 6.92 Å². The minimum absolute atomic E-state index is 0.251. The maximum Gasteiger partial charge on any atom is 0.323 e. The normalized spacial score (nSPS) is 13.2. The number of anilines is 1. The first-order valence-corrected chi connectivity index (χ1v) is 11.2. The second kappa shape index (κ2) is 8.78. The van der Waals surface area contributed by atoms with Gasteiger partial charge in [0.05, 0.1) is 0 Å². The molecule has 3 N–H and O–H groups in total. The summed E-state index contributed by atoms with van der Waals surface area (Å²) in [7, 11) is 0. The van der Waals surface area contributed by atoms with Gasteiger partial charge < -0.3 is 15.6 Å². The molecule has 7 heteroatoms. The van der Waals surface area contributed by atoms with Gasteiger partial charge in [0.15, 0.2) is 0 Å². The number of urea groups is 1. The Bertz CT molecular complexity index is 1370. The van der Waals surface area contributed by atoms with Gasteiger partial charge in [-0.15, -0.1) is 0 Å². The molecule has 0 saturated carbocycles. The smallest absolute Gasteiger partial charge is 0.323 e. The van der Waals surface area contributed by atoms with Crippen molar-refractivity contribution in [2.24, 2.45) is 0 Å². The summed E-state index contributed by atoms with van der Waals surface area (Å²) in [5.74, 6) is 0. The van der Waals surface area contributed by atoms with Crippen LogP contribution in [-0.4, -0.2) is 25.8 Å². The van der Waals surface area contributed by atoms with Crippen LogP contribution in [0.15, 0.2) is 72.8 Å². The van der Waals surface area contributed by atoms with Gasteiger partial charge in [-0.2, -0.15) is 5.10 Å². The molecule has 3 aromatic heterocycles. The number of nitrogens with one attached hydrogen (secondary N) is 3. The molecule has 0 unspecified atom stereocenters. The number of hydrogen-bond donors (Lipinski definition) is 3. The van der Waals surface area contributed by atoms with E-state index < -0.39 is 0 Å². The zero-order valence-electron chi connectivity index (χ0n) is 18.7. The van der Waals surface area contributed by atoms with E-state index in [1.54, 1.807) is 0 Å². The third kappa shape index (κ3) is 4.17. The number of carbonyl (C=O) groups is 1. The van der Waals surface area contributed by atoms with Crippen LogP contribution in [0.2, 0.25) is 0 Å². The number of aryl methyl sites for hydroxylation is 2.